The quantitative estimate of drug-likeness (QED) is 0.862. The maximum atomic E-state index is 13.1. The zero-order chi connectivity index (χ0) is 14.6. The van der Waals surface area contributed by atoms with Crippen molar-refractivity contribution >= 4 is 5.91 Å². The fraction of sp³-hybridized carbons (Fsp3) is 0.933. The lowest BCUT2D eigenvalue weighted by atomic mass is 9.85. The van der Waals surface area contributed by atoms with E-state index < -0.39 is 5.92 Å². The number of rotatable bonds is 4. The lowest BCUT2D eigenvalue weighted by Crippen LogP contribution is -2.47. The van der Waals surface area contributed by atoms with Crippen molar-refractivity contribution in [3.63, 3.8) is 0 Å². The molecule has 0 aromatic rings. The van der Waals surface area contributed by atoms with E-state index in [9.17, 15) is 13.6 Å². The molecule has 20 heavy (non-hydrogen) atoms. The predicted octanol–water partition coefficient (Wildman–Crippen LogP) is 2.80. The van der Waals surface area contributed by atoms with Crippen molar-refractivity contribution < 1.29 is 13.6 Å². The van der Waals surface area contributed by atoms with Gasteiger partial charge >= 0.3 is 0 Å². The fourth-order valence-corrected chi connectivity index (χ4v) is 3.20. The van der Waals surface area contributed by atoms with Gasteiger partial charge in [-0.3, -0.25) is 4.79 Å². The van der Waals surface area contributed by atoms with E-state index in [0.29, 0.717) is 18.9 Å². The number of likely N-dealkylation sites (tertiary alicyclic amines) is 1. The molecule has 0 atom stereocenters. The number of amides is 1. The number of carbonyl (C=O) groups excluding carboxylic acids is 1. The van der Waals surface area contributed by atoms with E-state index in [4.69, 9.17) is 0 Å². The molecule has 2 aliphatic rings. The van der Waals surface area contributed by atoms with E-state index >= 15 is 0 Å². The van der Waals surface area contributed by atoms with Crippen molar-refractivity contribution in [3.05, 3.63) is 0 Å². The van der Waals surface area contributed by atoms with E-state index in [1.54, 1.807) is 0 Å². The number of carbonyl (C=O) groups is 1. The first-order valence-corrected chi connectivity index (χ1v) is 7.92. The van der Waals surface area contributed by atoms with Gasteiger partial charge in [-0.15, -0.1) is 0 Å². The molecule has 0 aromatic heterocycles. The van der Waals surface area contributed by atoms with E-state index in [0.717, 1.165) is 38.9 Å². The smallest absolute Gasteiger partial charge is 0.248 e. The minimum Gasteiger partial charge on any atom is -0.342 e. The first kappa shape index (κ1) is 15.7. The first-order chi connectivity index (χ1) is 9.52. The van der Waals surface area contributed by atoms with Gasteiger partial charge in [0.25, 0.3) is 0 Å². The van der Waals surface area contributed by atoms with Crippen LogP contribution in [0.4, 0.5) is 8.78 Å². The summed E-state index contributed by atoms with van der Waals surface area (Å²) >= 11 is 0. The van der Waals surface area contributed by atoms with Gasteiger partial charge in [0, 0.05) is 37.9 Å². The predicted molar refractivity (Wildman–Crippen MR) is 74.8 cm³/mol. The molecule has 0 unspecified atom stereocenters. The monoisotopic (exact) mass is 288 g/mol. The van der Waals surface area contributed by atoms with Crippen LogP contribution in [0.3, 0.4) is 0 Å². The van der Waals surface area contributed by atoms with Crippen molar-refractivity contribution in [2.45, 2.75) is 63.8 Å². The van der Waals surface area contributed by atoms with Crippen molar-refractivity contribution in [1.82, 2.24) is 10.2 Å². The average Bonchev–Trinajstić information content (AvgIpc) is 2.45. The summed E-state index contributed by atoms with van der Waals surface area (Å²) in [6.07, 6.45) is 3.52. The molecule has 0 aromatic carbocycles. The van der Waals surface area contributed by atoms with Gasteiger partial charge in [0.1, 0.15) is 0 Å². The number of hydrogen-bond acceptors (Lipinski definition) is 2. The van der Waals surface area contributed by atoms with Crippen molar-refractivity contribution in [1.29, 1.82) is 0 Å². The van der Waals surface area contributed by atoms with Crippen LogP contribution in [0.25, 0.3) is 0 Å². The molecular weight excluding hydrogens is 262 g/mol. The summed E-state index contributed by atoms with van der Waals surface area (Å²) in [5, 5.41) is 3.48. The summed E-state index contributed by atoms with van der Waals surface area (Å²) in [5.74, 6) is -2.61. The number of nitrogens with zero attached hydrogens (tertiary/aromatic N) is 1. The number of halogens is 2. The molecule has 2 rings (SSSR count). The molecule has 0 radical (unpaired) electrons. The van der Waals surface area contributed by atoms with Crippen LogP contribution < -0.4 is 5.32 Å². The second-order valence-electron chi connectivity index (χ2n) is 6.18. The maximum Gasteiger partial charge on any atom is 0.248 e. The van der Waals surface area contributed by atoms with Gasteiger partial charge in [-0.1, -0.05) is 6.92 Å². The fourth-order valence-electron chi connectivity index (χ4n) is 3.20. The Hall–Kier alpha value is -0.710. The lowest BCUT2D eigenvalue weighted by Gasteiger charge is -2.36. The first-order valence-electron chi connectivity index (χ1n) is 7.92. The van der Waals surface area contributed by atoms with Crippen LogP contribution in [0.2, 0.25) is 0 Å². The van der Waals surface area contributed by atoms with Crippen molar-refractivity contribution in [3.8, 4) is 0 Å². The molecule has 1 heterocycles. The second kappa shape index (κ2) is 6.83. The number of hydrogen-bond donors (Lipinski definition) is 1. The number of piperidine rings is 1. The third kappa shape index (κ3) is 4.14. The third-order valence-corrected chi connectivity index (χ3v) is 4.56. The molecule has 1 saturated carbocycles. The highest BCUT2D eigenvalue weighted by Gasteiger charge is 2.39. The zero-order valence-corrected chi connectivity index (χ0v) is 12.3. The van der Waals surface area contributed by atoms with Crippen LogP contribution >= 0.6 is 0 Å². The highest BCUT2D eigenvalue weighted by molar-refractivity contribution is 5.79. The Kier molecular flexibility index (Phi) is 5.35. The van der Waals surface area contributed by atoms with Crippen LogP contribution in [-0.2, 0) is 4.79 Å². The van der Waals surface area contributed by atoms with Gasteiger partial charge in [-0.05, 0) is 38.6 Å². The normalized spacial score (nSPS) is 24.9. The maximum absolute atomic E-state index is 13.1. The molecule has 5 heteroatoms. The molecule has 1 saturated heterocycles. The molecule has 116 valence electrons. The summed E-state index contributed by atoms with van der Waals surface area (Å²) in [7, 11) is 0. The molecule has 0 bridgehead atoms. The summed E-state index contributed by atoms with van der Waals surface area (Å²) in [4.78, 5) is 14.2. The lowest BCUT2D eigenvalue weighted by molar-refractivity contribution is -0.140. The summed E-state index contributed by atoms with van der Waals surface area (Å²) in [6.45, 7) is 4.71. The molecule has 1 amide bonds. The zero-order valence-electron chi connectivity index (χ0n) is 12.3. The largest absolute Gasteiger partial charge is 0.342 e. The SMILES string of the molecule is CCCNC1CCN(C(=O)C2CCC(F)(F)CC2)CC1. The van der Waals surface area contributed by atoms with Gasteiger partial charge in [-0.25, -0.2) is 8.78 Å². The van der Waals surface area contributed by atoms with E-state index in [1.165, 1.54) is 0 Å². The Balaban J connectivity index is 1.75. The van der Waals surface area contributed by atoms with Gasteiger partial charge in [0.05, 0.1) is 0 Å². The van der Waals surface area contributed by atoms with E-state index in [-0.39, 0.29) is 24.7 Å². The van der Waals surface area contributed by atoms with Gasteiger partial charge in [0.15, 0.2) is 0 Å². The molecule has 1 aliphatic carbocycles. The van der Waals surface area contributed by atoms with Gasteiger partial charge in [0.2, 0.25) is 11.8 Å². The van der Waals surface area contributed by atoms with Crippen molar-refractivity contribution in [2.24, 2.45) is 5.92 Å². The Morgan fingerprint density at radius 3 is 2.35 bits per heavy atom. The topological polar surface area (TPSA) is 32.3 Å². The molecule has 3 nitrogen and oxygen atoms in total. The highest BCUT2D eigenvalue weighted by Crippen LogP contribution is 2.37. The van der Waals surface area contributed by atoms with Crippen LogP contribution in [0.15, 0.2) is 0 Å². The second-order valence-corrected chi connectivity index (χ2v) is 6.18. The Morgan fingerprint density at radius 2 is 1.80 bits per heavy atom. The summed E-state index contributed by atoms with van der Waals surface area (Å²) < 4.78 is 26.2. The third-order valence-electron chi connectivity index (χ3n) is 4.56. The Bertz CT molecular complexity index is 318. The standard InChI is InChI=1S/C15H26F2N2O/c1-2-9-18-13-5-10-19(11-6-13)14(20)12-3-7-15(16,17)8-4-12/h12-13,18H,2-11H2,1H3. The molecular formula is C15H26F2N2O. The van der Waals surface area contributed by atoms with E-state index in [2.05, 4.69) is 12.2 Å². The van der Waals surface area contributed by atoms with Gasteiger partial charge < -0.3 is 10.2 Å². The molecule has 0 spiro atoms. The van der Waals surface area contributed by atoms with Crippen LogP contribution in [0.5, 0.6) is 0 Å². The molecule has 2 fully saturated rings. The van der Waals surface area contributed by atoms with Crippen LogP contribution in [-0.4, -0.2) is 42.4 Å². The van der Waals surface area contributed by atoms with E-state index in [1.807, 2.05) is 4.90 Å². The highest BCUT2D eigenvalue weighted by atomic mass is 19.3. The number of nitrogens with one attached hydrogen (secondary N) is 1. The van der Waals surface area contributed by atoms with Crippen LogP contribution in [0.1, 0.15) is 51.9 Å². The molecule has 1 N–H and O–H groups in total. The minimum atomic E-state index is -2.55. The van der Waals surface area contributed by atoms with Crippen LogP contribution in [0, 0.1) is 5.92 Å². The van der Waals surface area contributed by atoms with Gasteiger partial charge in [-0.2, -0.15) is 0 Å². The summed E-state index contributed by atoms with van der Waals surface area (Å²) in [5.41, 5.74) is 0. The Morgan fingerprint density at radius 1 is 1.20 bits per heavy atom. The minimum absolute atomic E-state index is 0.106. The van der Waals surface area contributed by atoms with Crippen molar-refractivity contribution in [2.75, 3.05) is 19.6 Å². The average molecular weight is 288 g/mol. The number of alkyl halides is 2. The molecule has 1 aliphatic heterocycles. The summed E-state index contributed by atoms with van der Waals surface area (Å²) in [6, 6.07) is 0.509. The Labute approximate surface area is 120 Å².